The Kier molecular flexibility index (Phi) is 4.14. The highest BCUT2D eigenvalue weighted by Crippen LogP contribution is 2.28. The van der Waals surface area contributed by atoms with Gasteiger partial charge in [0.25, 0.3) is 5.91 Å². The van der Waals surface area contributed by atoms with Crippen LogP contribution >= 0.6 is 0 Å². The van der Waals surface area contributed by atoms with E-state index in [0.717, 1.165) is 30.8 Å². The fourth-order valence-corrected chi connectivity index (χ4v) is 3.46. The number of hydrogen-bond acceptors (Lipinski definition) is 3. The molecule has 0 aliphatic carbocycles. The van der Waals surface area contributed by atoms with E-state index in [0.29, 0.717) is 18.7 Å². The lowest BCUT2D eigenvalue weighted by atomic mass is 10.2. The summed E-state index contributed by atoms with van der Waals surface area (Å²) in [7, 11) is 0. The van der Waals surface area contributed by atoms with E-state index in [1.54, 1.807) is 9.80 Å². The number of para-hydroxylation sites is 1. The molecule has 0 atom stereocenters. The SMILES string of the molecule is O=C1CCCN1c1ccc(OCC(=O)N2CCc3ccccc32)cc1. The van der Waals surface area contributed by atoms with Gasteiger partial charge in [-0.05, 0) is 48.7 Å². The zero-order valence-electron chi connectivity index (χ0n) is 14.0. The second-order valence-corrected chi connectivity index (χ2v) is 6.36. The minimum absolute atomic E-state index is 0.0102. The summed E-state index contributed by atoms with van der Waals surface area (Å²) < 4.78 is 5.65. The van der Waals surface area contributed by atoms with Crippen LogP contribution in [0.4, 0.5) is 11.4 Å². The Morgan fingerprint density at radius 3 is 2.56 bits per heavy atom. The summed E-state index contributed by atoms with van der Waals surface area (Å²) in [6.45, 7) is 1.49. The molecule has 0 saturated carbocycles. The Bertz CT molecular complexity index is 801. The first-order valence-electron chi connectivity index (χ1n) is 8.64. The summed E-state index contributed by atoms with van der Waals surface area (Å²) in [5, 5.41) is 0. The third-order valence-electron chi connectivity index (χ3n) is 4.77. The molecule has 2 heterocycles. The predicted octanol–water partition coefficient (Wildman–Crippen LogP) is 2.78. The highest BCUT2D eigenvalue weighted by molar-refractivity contribution is 5.96. The van der Waals surface area contributed by atoms with Gasteiger partial charge in [0.2, 0.25) is 5.91 Å². The van der Waals surface area contributed by atoms with Gasteiger partial charge in [-0.1, -0.05) is 18.2 Å². The number of hydrogen-bond donors (Lipinski definition) is 0. The Morgan fingerprint density at radius 2 is 1.80 bits per heavy atom. The molecule has 0 radical (unpaired) electrons. The average molecular weight is 336 g/mol. The summed E-state index contributed by atoms with van der Waals surface area (Å²) in [6, 6.07) is 15.3. The largest absolute Gasteiger partial charge is 0.484 e. The second-order valence-electron chi connectivity index (χ2n) is 6.36. The first-order valence-corrected chi connectivity index (χ1v) is 8.64. The normalized spacial score (nSPS) is 16.2. The van der Waals surface area contributed by atoms with E-state index < -0.39 is 0 Å². The van der Waals surface area contributed by atoms with E-state index in [4.69, 9.17) is 4.74 Å². The highest BCUT2D eigenvalue weighted by atomic mass is 16.5. The van der Waals surface area contributed by atoms with E-state index >= 15 is 0 Å². The van der Waals surface area contributed by atoms with Crippen LogP contribution in [0.1, 0.15) is 18.4 Å². The van der Waals surface area contributed by atoms with Crippen LogP contribution in [0.2, 0.25) is 0 Å². The molecule has 4 rings (SSSR count). The van der Waals surface area contributed by atoms with E-state index in [1.165, 1.54) is 5.56 Å². The maximum absolute atomic E-state index is 12.4. The van der Waals surface area contributed by atoms with Crippen molar-refractivity contribution in [1.29, 1.82) is 0 Å². The number of benzene rings is 2. The molecule has 0 unspecified atom stereocenters. The Hall–Kier alpha value is -2.82. The van der Waals surface area contributed by atoms with Crippen molar-refractivity contribution in [3.63, 3.8) is 0 Å². The Morgan fingerprint density at radius 1 is 1.00 bits per heavy atom. The maximum atomic E-state index is 12.4. The lowest BCUT2D eigenvalue weighted by molar-refractivity contribution is -0.120. The van der Waals surface area contributed by atoms with Crippen LogP contribution in [-0.4, -0.2) is 31.5 Å². The summed E-state index contributed by atoms with van der Waals surface area (Å²) in [5.74, 6) is 0.761. The van der Waals surface area contributed by atoms with Crippen molar-refractivity contribution in [2.75, 3.05) is 29.5 Å². The van der Waals surface area contributed by atoms with E-state index in [2.05, 4.69) is 6.07 Å². The van der Waals surface area contributed by atoms with Gasteiger partial charge in [-0.3, -0.25) is 9.59 Å². The first-order chi connectivity index (χ1) is 12.2. The smallest absolute Gasteiger partial charge is 0.264 e. The number of carbonyl (C=O) groups is 2. The highest BCUT2D eigenvalue weighted by Gasteiger charge is 2.24. The zero-order chi connectivity index (χ0) is 17.2. The first kappa shape index (κ1) is 15.7. The maximum Gasteiger partial charge on any atom is 0.264 e. The monoisotopic (exact) mass is 336 g/mol. The van der Waals surface area contributed by atoms with Gasteiger partial charge in [0.05, 0.1) is 0 Å². The third kappa shape index (κ3) is 3.09. The molecule has 2 amide bonds. The number of anilines is 2. The van der Waals surface area contributed by atoms with Crippen molar-refractivity contribution in [1.82, 2.24) is 0 Å². The van der Waals surface area contributed by atoms with Gasteiger partial charge in [-0.15, -0.1) is 0 Å². The van der Waals surface area contributed by atoms with Gasteiger partial charge in [-0.2, -0.15) is 0 Å². The van der Waals surface area contributed by atoms with E-state index in [9.17, 15) is 9.59 Å². The fraction of sp³-hybridized carbons (Fsp3) is 0.300. The molecule has 0 spiro atoms. The summed E-state index contributed by atoms with van der Waals surface area (Å²) in [4.78, 5) is 27.8. The summed E-state index contributed by atoms with van der Waals surface area (Å²) in [6.07, 6.45) is 2.41. The van der Waals surface area contributed by atoms with Crippen molar-refractivity contribution >= 4 is 23.2 Å². The van der Waals surface area contributed by atoms with Gasteiger partial charge in [0.1, 0.15) is 5.75 Å². The van der Waals surface area contributed by atoms with Crippen LogP contribution < -0.4 is 14.5 Å². The molecule has 1 fully saturated rings. The van der Waals surface area contributed by atoms with E-state index in [1.807, 2.05) is 42.5 Å². The quantitative estimate of drug-likeness (QED) is 0.863. The minimum atomic E-state index is -0.0382. The molecule has 128 valence electrons. The molecule has 0 bridgehead atoms. The molecule has 25 heavy (non-hydrogen) atoms. The molecule has 5 nitrogen and oxygen atoms in total. The van der Waals surface area contributed by atoms with Crippen LogP contribution in [0.5, 0.6) is 5.75 Å². The number of amides is 2. The number of nitrogens with zero attached hydrogens (tertiary/aromatic N) is 2. The van der Waals surface area contributed by atoms with Crippen molar-refractivity contribution in [3.05, 3.63) is 54.1 Å². The number of fused-ring (bicyclic) bond motifs is 1. The molecular formula is C20H20N2O3. The number of rotatable bonds is 4. The predicted molar refractivity (Wildman–Crippen MR) is 96.0 cm³/mol. The van der Waals surface area contributed by atoms with Crippen molar-refractivity contribution < 1.29 is 14.3 Å². The molecule has 2 aromatic rings. The van der Waals surface area contributed by atoms with Gasteiger partial charge in [0.15, 0.2) is 6.61 Å². The summed E-state index contributed by atoms with van der Waals surface area (Å²) in [5.41, 5.74) is 3.07. The van der Waals surface area contributed by atoms with E-state index in [-0.39, 0.29) is 18.4 Å². The average Bonchev–Trinajstić information content (AvgIpc) is 3.26. The van der Waals surface area contributed by atoms with Gasteiger partial charge in [-0.25, -0.2) is 0 Å². The lowest BCUT2D eigenvalue weighted by Crippen LogP contribution is -2.33. The molecule has 0 aromatic heterocycles. The van der Waals surface area contributed by atoms with Crippen molar-refractivity contribution in [3.8, 4) is 5.75 Å². The van der Waals surface area contributed by atoms with Crippen LogP contribution in [0.3, 0.4) is 0 Å². The van der Waals surface area contributed by atoms with Crippen molar-refractivity contribution in [2.45, 2.75) is 19.3 Å². The molecule has 2 aliphatic rings. The van der Waals surface area contributed by atoms with Gasteiger partial charge < -0.3 is 14.5 Å². The number of carbonyl (C=O) groups excluding carboxylic acids is 2. The van der Waals surface area contributed by atoms with Gasteiger partial charge >= 0.3 is 0 Å². The molecule has 2 aliphatic heterocycles. The minimum Gasteiger partial charge on any atom is -0.484 e. The molecule has 1 saturated heterocycles. The second kappa shape index (κ2) is 6.59. The standard InChI is InChI=1S/C20H20N2O3/c23-19-6-3-12-21(19)16-7-9-17(10-8-16)25-14-20(24)22-13-11-15-4-1-2-5-18(15)22/h1-2,4-5,7-10H,3,6,11-14H2. The van der Waals surface area contributed by atoms with Crippen LogP contribution in [0, 0.1) is 0 Å². The topological polar surface area (TPSA) is 49.9 Å². The number of ether oxygens (including phenoxy) is 1. The van der Waals surface area contributed by atoms with Crippen LogP contribution in [0.25, 0.3) is 0 Å². The molecule has 0 N–H and O–H groups in total. The Labute approximate surface area is 146 Å². The van der Waals surface area contributed by atoms with Crippen LogP contribution in [0.15, 0.2) is 48.5 Å². The zero-order valence-corrected chi connectivity index (χ0v) is 14.0. The molecule has 5 heteroatoms. The van der Waals surface area contributed by atoms with Gasteiger partial charge in [0, 0.05) is 30.9 Å². The fourth-order valence-electron chi connectivity index (χ4n) is 3.46. The van der Waals surface area contributed by atoms with Crippen LogP contribution in [-0.2, 0) is 16.0 Å². The summed E-state index contributed by atoms with van der Waals surface area (Å²) >= 11 is 0. The third-order valence-corrected chi connectivity index (χ3v) is 4.77. The lowest BCUT2D eigenvalue weighted by Gasteiger charge is -2.18. The molecular weight excluding hydrogens is 316 g/mol. The van der Waals surface area contributed by atoms with Crippen molar-refractivity contribution in [2.24, 2.45) is 0 Å². The Balaban J connectivity index is 1.37. The molecule has 2 aromatic carbocycles.